The molecule has 0 saturated heterocycles. The molecular formula is C21H26O2. The molecule has 0 atom stereocenters. The molecule has 2 rings (SSSR count). The molecule has 122 valence electrons. The van der Waals surface area contributed by atoms with Crippen molar-refractivity contribution in [1.82, 2.24) is 0 Å². The molecular weight excluding hydrogens is 284 g/mol. The van der Waals surface area contributed by atoms with Gasteiger partial charge in [0.05, 0.1) is 12.2 Å². The molecule has 0 amide bonds. The van der Waals surface area contributed by atoms with Gasteiger partial charge in [-0.05, 0) is 29.7 Å². The highest BCUT2D eigenvalue weighted by Gasteiger charge is 2.07. The molecule has 0 spiro atoms. The number of hydrogen-bond acceptors (Lipinski definition) is 2. The summed E-state index contributed by atoms with van der Waals surface area (Å²) in [5, 5.41) is 0. The van der Waals surface area contributed by atoms with Crippen LogP contribution in [0.15, 0.2) is 54.6 Å². The van der Waals surface area contributed by atoms with E-state index in [1.807, 2.05) is 42.5 Å². The normalized spacial score (nSPS) is 10.5. The predicted molar refractivity (Wildman–Crippen MR) is 95.5 cm³/mol. The Morgan fingerprint density at radius 3 is 2.09 bits per heavy atom. The van der Waals surface area contributed by atoms with Gasteiger partial charge in [-0.2, -0.15) is 0 Å². The first kappa shape index (κ1) is 17.3. The SMILES string of the molecule is CCCCCCCCOC(=O)c1ccc(-c2ccccc2)cc1. The summed E-state index contributed by atoms with van der Waals surface area (Å²) in [5.41, 5.74) is 2.88. The maximum atomic E-state index is 12.0. The monoisotopic (exact) mass is 310 g/mol. The Labute approximate surface area is 139 Å². The van der Waals surface area contributed by atoms with Crippen molar-refractivity contribution >= 4 is 5.97 Å². The third-order valence-corrected chi connectivity index (χ3v) is 3.96. The van der Waals surface area contributed by atoms with Gasteiger partial charge >= 0.3 is 5.97 Å². The Kier molecular flexibility index (Phi) is 7.38. The van der Waals surface area contributed by atoms with Gasteiger partial charge in [-0.3, -0.25) is 0 Å². The highest BCUT2D eigenvalue weighted by atomic mass is 16.5. The van der Waals surface area contributed by atoms with Crippen molar-refractivity contribution in [2.45, 2.75) is 45.4 Å². The molecule has 2 aromatic carbocycles. The van der Waals surface area contributed by atoms with Gasteiger partial charge in [-0.1, -0.05) is 81.5 Å². The van der Waals surface area contributed by atoms with Gasteiger partial charge in [0.2, 0.25) is 0 Å². The van der Waals surface area contributed by atoms with Crippen molar-refractivity contribution in [2.75, 3.05) is 6.61 Å². The summed E-state index contributed by atoms with van der Waals surface area (Å²) < 4.78 is 5.34. The van der Waals surface area contributed by atoms with E-state index in [1.54, 1.807) is 0 Å². The van der Waals surface area contributed by atoms with Crippen LogP contribution < -0.4 is 0 Å². The molecule has 0 bridgehead atoms. The number of hydrogen-bond donors (Lipinski definition) is 0. The zero-order chi connectivity index (χ0) is 16.3. The molecule has 0 aliphatic rings. The third-order valence-electron chi connectivity index (χ3n) is 3.96. The van der Waals surface area contributed by atoms with Crippen LogP contribution in [0.3, 0.4) is 0 Å². The molecule has 0 unspecified atom stereocenters. The fourth-order valence-corrected chi connectivity index (χ4v) is 2.56. The lowest BCUT2D eigenvalue weighted by Crippen LogP contribution is -2.06. The maximum Gasteiger partial charge on any atom is 0.338 e. The summed E-state index contributed by atoms with van der Waals surface area (Å²) in [6.07, 6.45) is 7.17. The average Bonchev–Trinajstić information content (AvgIpc) is 2.61. The van der Waals surface area contributed by atoms with Gasteiger partial charge in [0, 0.05) is 0 Å². The van der Waals surface area contributed by atoms with Crippen LogP contribution in [-0.4, -0.2) is 12.6 Å². The smallest absolute Gasteiger partial charge is 0.338 e. The first-order valence-corrected chi connectivity index (χ1v) is 8.64. The minimum atomic E-state index is -0.224. The van der Waals surface area contributed by atoms with Crippen molar-refractivity contribution in [3.8, 4) is 11.1 Å². The minimum absolute atomic E-state index is 0.224. The topological polar surface area (TPSA) is 26.3 Å². The van der Waals surface area contributed by atoms with E-state index in [9.17, 15) is 4.79 Å². The van der Waals surface area contributed by atoms with Crippen LogP contribution in [-0.2, 0) is 4.74 Å². The average molecular weight is 310 g/mol. The lowest BCUT2D eigenvalue weighted by atomic mass is 10.0. The largest absolute Gasteiger partial charge is 0.462 e. The van der Waals surface area contributed by atoms with Crippen LogP contribution in [0.4, 0.5) is 0 Å². The summed E-state index contributed by atoms with van der Waals surface area (Å²) in [7, 11) is 0. The van der Waals surface area contributed by atoms with Gasteiger partial charge in [-0.25, -0.2) is 4.79 Å². The highest BCUT2D eigenvalue weighted by molar-refractivity contribution is 5.90. The van der Waals surface area contributed by atoms with Crippen LogP contribution in [0.1, 0.15) is 55.8 Å². The molecule has 23 heavy (non-hydrogen) atoms. The first-order chi connectivity index (χ1) is 11.3. The molecule has 2 aromatic rings. The molecule has 0 aromatic heterocycles. The number of carbonyl (C=O) groups is 1. The summed E-state index contributed by atoms with van der Waals surface area (Å²) in [5.74, 6) is -0.224. The molecule has 0 aliphatic heterocycles. The lowest BCUT2D eigenvalue weighted by molar-refractivity contribution is 0.0497. The van der Waals surface area contributed by atoms with Crippen molar-refractivity contribution in [1.29, 1.82) is 0 Å². The van der Waals surface area contributed by atoms with Crippen LogP contribution in [0.5, 0.6) is 0 Å². The standard InChI is InChI=1S/C21H26O2/c1-2-3-4-5-6-10-17-23-21(22)20-15-13-19(14-16-20)18-11-8-7-9-12-18/h7-9,11-16H,2-6,10,17H2,1H3. The van der Waals surface area contributed by atoms with E-state index in [4.69, 9.17) is 4.74 Å². The molecule has 0 aliphatic carbocycles. The number of ether oxygens (including phenoxy) is 1. The quantitative estimate of drug-likeness (QED) is 0.427. The zero-order valence-corrected chi connectivity index (χ0v) is 14.0. The van der Waals surface area contributed by atoms with E-state index in [1.165, 1.54) is 25.7 Å². The second-order valence-corrected chi connectivity index (χ2v) is 5.85. The number of unbranched alkanes of at least 4 members (excludes halogenated alkanes) is 5. The highest BCUT2D eigenvalue weighted by Crippen LogP contribution is 2.19. The van der Waals surface area contributed by atoms with Gasteiger partial charge < -0.3 is 4.74 Å². The molecule has 2 heteroatoms. The van der Waals surface area contributed by atoms with E-state index in [2.05, 4.69) is 19.1 Å². The van der Waals surface area contributed by atoms with E-state index >= 15 is 0 Å². The van der Waals surface area contributed by atoms with Gasteiger partial charge in [0.1, 0.15) is 0 Å². The van der Waals surface area contributed by atoms with Crippen molar-refractivity contribution < 1.29 is 9.53 Å². The number of carbonyl (C=O) groups excluding carboxylic acids is 1. The van der Waals surface area contributed by atoms with Crippen molar-refractivity contribution in [2.24, 2.45) is 0 Å². The summed E-state index contributed by atoms with van der Waals surface area (Å²) >= 11 is 0. The molecule has 2 nitrogen and oxygen atoms in total. The van der Waals surface area contributed by atoms with E-state index in [-0.39, 0.29) is 5.97 Å². The second kappa shape index (κ2) is 9.83. The lowest BCUT2D eigenvalue weighted by Gasteiger charge is -2.06. The van der Waals surface area contributed by atoms with Crippen molar-refractivity contribution in [3.63, 3.8) is 0 Å². The van der Waals surface area contributed by atoms with Crippen molar-refractivity contribution in [3.05, 3.63) is 60.2 Å². The molecule has 0 saturated carbocycles. The fourth-order valence-electron chi connectivity index (χ4n) is 2.56. The second-order valence-electron chi connectivity index (χ2n) is 5.85. The summed E-state index contributed by atoms with van der Waals surface area (Å²) in [6, 6.07) is 17.8. The molecule has 0 heterocycles. The molecule has 0 radical (unpaired) electrons. The minimum Gasteiger partial charge on any atom is -0.462 e. The van der Waals surface area contributed by atoms with Crippen LogP contribution >= 0.6 is 0 Å². The number of rotatable bonds is 9. The number of esters is 1. The maximum absolute atomic E-state index is 12.0. The van der Waals surface area contributed by atoms with Crippen LogP contribution in [0, 0.1) is 0 Å². The zero-order valence-electron chi connectivity index (χ0n) is 14.0. The molecule has 0 fully saturated rings. The van der Waals surface area contributed by atoms with Gasteiger partial charge in [0.15, 0.2) is 0 Å². The predicted octanol–water partition coefficient (Wildman–Crippen LogP) is 5.87. The Morgan fingerprint density at radius 2 is 1.39 bits per heavy atom. The van der Waals surface area contributed by atoms with E-state index in [0.717, 1.165) is 24.0 Å². The first-order valence-electron chi connectivity index (χ1n) is 8.64. The Bertz CT molecular complexity index is 573. The Hall–Kier alpha value is -2.09. The van der Waals surface area contributed by atoms with Crippen LogP contribution in [0.2, 0.25) is 0 Å². The van der Waals surface area contributed by atoms with Crippen LogP contribution in [0.25, 0.3) is 11.1 Å². The number of benzene rings is 2. The fraction of sp³-hybridized carbons (Fsp3) is 0.381. The third kappa shape index (κ3) is 5.90. The Morgan fingerprint density at radius 1 is 0.783 bits per heavy atom. The summed E-state index contributed by atoms with van der Waals surface area (Å²) in [6.45, 7) is 2.73. The van der Waals surface area contributed by atoms with Gasteiger partial charge in [0.25, 0.3) is 0 Å². The van der Waals surface area contributed by atoms with Gasteiger partial charge in [-0.15, -0.1) is 0 Å². The summed E-state index contributed by atoms with van der Waals surface area (Å²) in [4.78, 5) is 12.0. The molecule has 0 N–H and O–H groups in total. The van der Waals surface area contributed by atoms with E-state index in [0.29, 0.717) is 12.2 Å². The van der Waals surface area contributed by atoms with E-state index < -0.39 is 0 Å². The Balaban J connectivity index is 1.75.